The molecule has 0 spiro atoms. The van der Waals surface area contributed by atoms with Crippen LogP contribution in [0.15, 0.2) is 29.6 Å². The molecule has 0 saturated carbocycles. The van der Waals surface area contributed by atoms with Crippen LogP contribution in [0.5, 0.6) is 5.75 Å². The summed E-state index contributed by atoms with van der Waals surface area (Å²) in [4.78, 5) is 17.7. The number of ether oxygens (including phenoxy) is 1. The van der Waals surface area contributed by atoms with Gasteiger partial charge in [-0.2, -0.15) is 0 Å². The molecular formula is C15H17ClN2O2S. The van der Waals surface area contributed by atoms with Crippen LogP contribution in [0, 0.1) is 0 Å². The molecule has 0 aliphatic rings. The Kier molecular flexibility index (Phi) is 5.59. The van der Waals surface area contributed by atoms with Crippen LogP contribution in [0.1, 0.15) is 12.6 Å². The molecule has 4 nitrogen and oxygen atoms in total. The van der Waals surface area contributed by atoms with Crippen molar-refractivity contribution in [3.05, 3.63) is 35.3 Å². The standard InChI is InChI=1S/C15H17ClN2O2S/c1-3-18(2)14(19)9-20-13-6-4-11(5-7-13)15-17-12(8-16)10-21-15/h4-7,10H,3,8-9H2,1-2H3. The average Bonchev–Trinajstić information content (AvgIpc) is 3.01. The van der Waals surface area contributed by atoms with Gasteiger partial charge in [-0.05, 0) is 31.2 Å². The Morgan fingerprint density at radius 2 is 2.10 bits per heavy atom. The summed E-state index contributed by atoms with van der Waals surface area (Å²) >= 11 is 7.31. The number of benzene rings is 1. The largest absolute Gasteiger partial charge is 0.484 e. The van der Waals surface area contributed by atoms with Crippen molar-refractivity contribution in [3.63, 3.8) is 0 Å². The van der Waals surface area contributed by atoms with Crippen LogP contribution in [0.3, 0.4) is 0 Å². The summed E-state index contributed by atoms with van der Waals surface area (Å²) in [6.07, 6.45) is 0. The Balaban J connectivity index is 1.97. The molecular weight excluding hydrogens is 308 g/mol. The Morgan fingerprint density at radius 1 is 1.38 bits per heavy atom. The summed E-state index contributed by atoms with van der Waals surface area (Å²) in [5, 5.41) is 2.88. The molecule has 1 heterocycles. The van der Waals surface area contributed by atoms with Crippen molar-refractivity contribution in [1.82, 2.24) is 9.88 Å². The van der Waals surface area contributed by atoms with Gasteiger partial charge in [0, 0.05) is 24.5 Å². The number of likely N-dealkylation sites (N-methyl/N-ethyl adjacent to an activating group) is 1. The fraction of sp³-hybridized carbons (Fsp3) is 0.333. The highest BCUT2D eigenvalue weighted by atomic mass is 35.5. The van der Waals surface area contributed by atoms with Gasteiger partial charge in [0.15, 0.2) is 6.61 Å². The molecule has 0 radical (unpaired) electrons. The van der Waals surface area contributed by atoms with E-state index in [0.717, 1.165) is 16.3 Å². The van der Waals surface area contributed by atoms with Crippen molar-refractivity contribution >= 4 is 28.8 Å². The van der Waals surface area contributed by atoms with Crippen LogP contribution >= 0.6 is 22.9 Å². The van der Waals surface area contributed by atoms with Gasteiger partial charge >= 0.3 is 0 Å². The number of amides is 1. The lowest BCUT2D eigenvalue weighted by Gasteiger charge is -2.14. The average molecular weight is 325 g/mol. The number of alkyl halides is 1. The molecule has 0 aliphatic carbocycles. The summed E-state index contributed by atoms with van der Waals surface area (Å²) in [5.41, 5.74) is 1.89. The first-order valence-electron chi connectivity index (χ1n) is 6.61. The molecule has 0 fully saturated rings. The van der Waals surface area contributed by atoms with E-state index in [9.17, 15) is 4.79 Å². The first kappa shape index (κ1) is 15.8. The van der Waals surface area contributed by atoms with E-state index in [2.05, 4.69) is 4.98 Å². The molecule has 1 aromatic carbocycles. The normalized spacial score (nSPS) is 10.4. The first-order chi connectivity index (χ1) is 10.1. The van der Waals surface area contributed by atoms with Gasteiger partial charge in [0.05, 0.1) is 11.6 Å². The number of aromatic nitrogens is 1. The fourth-order valence-electron chi connectivity index (χ4n) is 1.63. The van der Waals surface area contributed by atoms with Crippen molar-refractivity contribution in [2.45, 2.75) is 12.8 Å². The van der Waals surface area contributed by atoms with Gasteiger partial charge in [0.1, 0.15) is 10.8 Å². The maximum Gasteiger partial charge on any atom is 0.260 e. The van der Waals surface area contributed by atoms with Crippen molar-refractivity contribution in [2.75, 3.05) is 20.2 Å². The third kappa shape index (κ3) is 4.19. The molecule has 112 valence electrons. The molecule has 1 aromatic heterocycles. The third-order valence-electron chi connectivity index (χ3n) is 3.05. The number of rotatable bonds is 6. The first-order valence-corrected chi connectivity index (χ1v) is 8.03. The number of thiazole rings is 1. The number of nitrogens with zero attached hydrogens (tertiary/aromatic N) is 2. The van der Waals surface area contributed by atoms with E-state index < -0.39 is 0 Å². The molecule has 2 rings (SSSR count). The molecule has 2 aromatic rings. The Morgan fingerprint density at radius 3 is 2.67 bits per heavy atom. The third-order valence-corrected chi connectivity index (χ3v) is 4.27. The van der Waals surface area contributed by atoms with Crippen molar-refractivity contribution in [2.24, 2.45) is 0 Å². The summed E-state index contributed by atoms with van der Waals surface area (Å²) in [6, 6.07) is 7.55. The van der Waals surface area contributed by atoms with E-state index in [1.165, 1.54) is 0 Å². The van der Waals surface area contributed by atoms with E-state index in [1.807, 2.05) is 36.6 Å². The minimum atomic E-state index is -0.0340. The maximum absolute atomic E-state index is 11.7. The van der Waals surface area contributed by atoms with Gasteiger partial charge in [0.25, 0.3) is 5.91 Å². The second kappa shape index (κ2) is 7.43. The van der Waals surface area contributed by atoms with Crippen LogP contribution in [0.4, 0.5) is 0 Å². The smallest absolute Gasteiger partial charge is 0.260 e. The Labute approximate surface area is 133 Å². The zero-order valence-electron chi connectivity index (χ0n) is 12.0. The summed E-state index contributed by atoms with van der Waals surface area (Å²) in [6.45, 7) is 2.65. The van der Waals surface area contributed by atoms with E-state index in [-0.39, 0.29) is 12.5 Å². The minimum absolute atomic E-state index is 0.0340. The SMILES string of the molecule is CCN(C)C(=O)COc1ccc(-c2nc(CCl)cs2)cc1. The van der Waals surface area contributed by atoms with Gasteiger partial charge in [-0.3, -0.25) is 4.79 Å². The van der Waals surface area contributed by atoms with Crippen LogP contribution in [-0.4, -0.2) is 36.0 Å². The second-order valence-corrected chi connectivity index (χ2v) is 5.62. The van der Waals surface area contributed by atoms with Crippen molar-refractivity contribution in [3.8, 4) is 16.3 Å². The van der Waals surface area contributed by atoms with Gasteiger partial charge in [-0.25, -0.2) is 4.98 Å². The highest BCUT2D eigenvalue weighted by Gasteiger charge is 2.08. The lowest BCUT2D eigenvalue weighted by Crippen LogP contribution is -2.31. The van der Waals surface area contributed by atoms with Crippen LogP contribution in [-0.2, 0) is 10.7 Å². The van der Waals surface area contributed by atoms with Crippen molar-refractivity contribution in [1.29, 1.82) is 0 Å². The van der Waals surface area contributed by atoms with Gasteiger partial charge in [-0.1, -0.05) is 0 Å². The molecule has 1 amide bonds. The summed E-state index contributed by atoms with van der Waals surface area (Å²) in [7, 11) is 1.76. The maximum atomic E-state index is 11.7. The summed E-state index contributed by atoms with van der Waals surface area (Å²) < 4.78 is 5.48. The molecule has 0 aliphatic heterocycles. The highest BCUT2D eigenvalue weighted by molar-refractivity contribution is 7.13. The number of hydrogen-bond donors (Lipinski definition) is 0. The number of hydrogen-bond acceptors (Lipinski definition) is 4. The molecule has 0 unspecified atom stereocenters. The van der Waals surface area contributed by atoms with Crippen molar-refractivity contribution < 1.29 is 9.53 Å². The molecule has 6 heteroatoms. The van der Waals surface area contributed by atoms with E-state index >= 15 is 0 Å². The number of halogens is 1. The molecule has 0 N–H and O–H groups in total. The Bertz CT molecular complexity index is 598. The van der Waals surface area contributed by atoms with Crippen LogP contribution in [0.2, 0.25) is 0 Å². The van der Waals surface area contributed by atoms with E-state index in [0.29, 0.717) is 18.2 Å². The van der Waals surface area contributed by atoms with Crippen LogP contribution in [0.25, 0.3) is 10.6 Å². The second-order valence-electron chi connectivity index (χ2n) is 4.50. The van der Waals surface area contributed by atoms with Crippen LogP contribution < -0.4 is 4.74 Å². The fourth-order valence-corrected chi connectivity index (χ4v) is 2.68. The number of carbonyl (C=O) groups is 1. The lowest BCUT2D eigenvalue weighted by atomic mass is 10.2. The minimum Gasteiger partial charge on any atom is -0.484 e. The highest BCUT2D eigenvalue weighted by Crippen LogP contribution is 2.26. The molecule has 0 saturated heterocycles. The predicted octanol–water partition coefficient (Wildman–Crippen LogP) is 3.41. The Hall–Kier alpha value is -1.59. The molecule has 0 bridgehead atoms. The zero-order valence-corrected chi connectivity index (χ0v) is 13.6. The predicted molar refractivity (Wildman–Crippen MR) is 85.9 cm³/mol. The van der Waals surface area contributed by atoms with E-state index in [4.69, 9.17) is 16.3 Å². The van der Waals surface area contributed by atoms with Gasteiger partial charge < -0.3 is 9.64 Å². The monoisotopic (exact) mass is 324 g/mol. The van der Waals surface area contributed by atoms with Gasteiger partial charge in [-0.15, -0.1) is 22.9 Å². The molecule has 21 heavy (non-hydrogen) atoms. The summed E-state index contributed by atoms with van der Waals surface area (Å²) in [5.74, 6) is 1.06. The topological polar surface area (TPSA) is 42.4 Å². The quantitative estimate of drug-likeness (QED) is 0.765. The zero-order chi connectivity index (χ0) is 15.2. The van der Waals surface area contributed by atoms with E-state index in [1.54, 1.807) is 23.3 Å². The lowest BCUT2D eigenvalue weighted by molar-refractivity contribution is -0.131. The number of carbonyl (C=O) groups excluding carboxylic acids is 1. The van der Waals surface area contributed by atoms with Gasteiger partial charge in [0.2, 0.25) is 0 Å². The molecule has 0 atom stereocenters.